The SMILES string of the molecule is OC(c1ccccc1)(c1ccccc1)C1CCN(Cc2cccc(-c3ccccc3)c2)CC1. The Hall–Kier alpha value is -3.20. The highest BCUT2D eigenvalue weighted by atomic mass is 16.3. The number of piperidine rings is 1. The van der Waals surface area contributed by atoms with Gasteiger partial charge < -0.3 is 5.11 Å². The Morgan fingerprint density at radius 3 is 1.73 bits per heavy atom. The zero-order chi connectivity index (χ0) is 22.5. The highest BCUT2D eigenvalue weighted by molar-refractivity contribution is 5.63. The maximum Gasteiger partial charge on any atom is 0.117 e. The van der Waals surface area contributed by atoms with E-state index in [9.17, 15) is 5.11 Å². The van der Waals surface area contributed by atoms with E-state index in [4.69, 9.17) is 0 Å². The largest absolute Gasteiger partial charge is 0.380 e. The Morgan fingerprint density at radius 2 is 1.15 bits per heavy atom. The average Bonchev–Trinajstić information content (AvgIpc) is 2.90. The minimum atomic E-state index is -0.957. The summed E-state index contributed by atoms with van der Waals surface area (Å²) in [7, 11) is 0. The van der Waals surface area contributed by atoms with E-state index in [2.05, 4.69) is 83.8 Å². The highest BCUT2D eigenvalue weighted by Gasteiger charge is 2.41. The van der Waals surface area contributed by atoms with Crippen molar-refractivity contribution in [2.75, 3.05) is 13.1 Å². The molecule has 1 heterocycles. The first-order valence-corrected chi connectivity index (χ1v) is 11.9. The van der Waals surface area contributed by atoms with E-state index in [1.54, 1.807) is 0 Å². The topological polar surface area (TPSA) is 23.5 Å². The van der Waals surface area contributed by atoms with Gasteiger partial charge in [0.1, 0.15) is 5.60 Å². The molecular formula is C31H31NO. The minimum absolute atomic E-state index is 0.189. The molecule has 1 fully saturated rings. The summed E-state index contributed by atoms with van der Waals surface area (Å²) in [6.45, 7) is 2.92. The summed E-state index contributed by atoms with van der Waals surface area (Å²) in [5.41, 5.74) is 4.90. The van der Waals surface area contributed by atoms with Crippen LogP contribution in [0, 0.1) is 5.92 Å². The average molecular weight is 434 g/mol. The number of aliphatic hydroxyl groups is 1. The molecule has 0 aliphatic carbocycles. The lowest BCUT2D eigenvalue weighted by Gasteiger charge is -2.42. The van der Waals surface area contributed by atoms with Crippen molar-refractivity contribution >= 4 is 0 Å². The number of hydrogen-bond acceptors (Lipinski definition) is 2. The van der Waals surface area contributed by atoms with Crippen molar-refractivity contribution in [2.45, 2.75) is 25.0 Å². The maximum absolute atomic E-state index is 12.1. The lowest BCUT2D eigenvalue weighted by Crippen LogP contribution is -2.44. The number of nitrogens with zero attached hydrogens (tertiary/aromatic N) is 1. The molecule has 0 bridgehead atoms. The van der Waals surface area contributed by atoms with Gasteiger partial charge in [0.25, 0.3) is 0 Å². The van der Waals surface area contributed by atoms with Gasteiger partial charge in [0, 0.05) is 6.54 Å². The van der Waals surface area contributed by atoms with Crippen LogP contribution in [0.5, 0.6) is 0 Å². The molecular weight excluding hydrogens is 402 g/mol. The van der Waals surface area contributed by atoms with Crippen molar-refractivity contribution in [1.29, 1.82) is 0 Å². The highest BCUT2D eigenvalue weighted by Crippen LogP contribution is 2.42. The molecule has 33 heavy (non-hydrogen) atoms. The molecule has 1 aliphatic rings. The van der Waals surface area contributed by atoms with Gasteiger partial charge in [0.15, 0.2) is 0 Å². The molecule has 0 unspecified atom stereocenters. The normalized spacial score (nSPS) is 15.4. The molecule has 1 saturated heterocycles. The third-order valence-electron chi connectivity index (χ3n) is 7.05. The van der Waals surface area contributed by atoms with Crippen LogP contribution in [-0.2, 0) is 12.1 Å². The van der Waals surface area contributed by atoms with Crippen LogP contribution in [0.4, 0.5) is 0 Å². The van der Waals surface area contributed by atoms with Gasteiger partial charge in [0.05, 0.1) is 0 Å². The van der Waals surface area contributed by atoms with Crippen LogP contribution in [0.2, 0.25) is 0 Å². The summed E-state index contributed by atoms with van der Waals surface area (Å²) in [6, 6.07) is 39.8. The van der Waals surface area contributed by atoms with Gasteiger partial charge in [-0.15, -0.1) is 0 Å². The van der Waals surface area contributed by atoms with Crippen LogP contribution in [0.3, 0.4) is 0 Å². The predicted octanol–water partition coefficient (Wildman–Crippen LogP) is 6.50. The predicted molar refractivity (Wildman–Crippen MR) is 136 cm³/mol. The Balaban J connectivity index is 1.31. The van der Waals surface area contributed by atoms with E-state index in [1.807, 2.05) is 36.4 Å². The monoisotopic (exact) mass is 433 g/mol. The summed E-state index contributed by atoms with van der Waals surface area (Å²) in [4.78, 5) is 2.52. The summed E-state index contributed by atoms with van der Waals surface area (Å²) in [6.07, 6.45) is 1.94. The van der Waals surface area contributed by atoms with E-state index >= 15 is 0 Å². The van der Waals surface area contributed by atoms with E-state index in [0.717, 1.165) is 43.6 Å². The van der Waals surface area contributed by atoms with Crippen LogP contribution < -0.4 is 0 Å². The van der Waals surface area contributed by atoms with Crippen molar-refractivity contribution in [3.05, 3.63) is 132 Å². The van der Waals surface area contributed by atoms with Gasteiger partial charge in [-0.05, 0) is 65.7 Å². The molecule has 2 nitrogen and oxygen atoms in total. The Kier molecular flexibility index (Phi) is 6.39. The van der Waals surface area contributed by atoms with Gasteiger partial charge in [0.2, 0.25) is 0 Å². The Morgan fingerprint density at radius 1 is 0.636 bits per heavy atom. The van der Waals surface area contributed by atoms with Crippen molar-refractivity contribution in [3.8, 4) is 11.1 Å². The van der Waals surface area contributed by atoms with Crippen molar-refractivity contribution in [3.63, 3.8) is 0 Å². The molecule has 2 heteroatoms. The standard InChI is InChI=1S/C31H31NO/c33-31(28-15-6-2-7-16-28,29-17-8-3-9-18-29)30-19-21-32(22-20-30)24-25-11-10-14-27(23-25)26-12-4-1-5-13-26/h1-18,23,30,33H,19-22,24H2. The zero-order valence-corrected chi connectivity index (χ0v) is 19.0. The lowest BCUT2D eigenvalue weighted by atomic mass is 9.72. The van der Waals surface area contributed by atoms with E-state index in [0.29, 0.717) is 0 Å². The second-order valence-corrected chi connectivity index (χ2v) is 9.12. The van der Waals surface area contributed by atoms with Gasteiger partial charge in [-0.1, -0.05) is 109 Å². The summed E-state index contributed by atoms with van der Waals surface area (Å²) >= 11 is 0. The van der Waals surface area contributed by atoms with Crippen molar-refractivity contribution < 1.29 is 5.11 Å². The van der Waals surface area contributed by atoms with Crippen LogP contribution in [-0.4, -0.2) is 23.1 Å². The molecule has 0 spiro atoms. The number of benzene rings is 4. The molecule has 0 amide bonds. The molecule has 0 saturated carbocycles. The van der Waals surface area contributed by atoms with E-state index in [1.165, 1.54) is 16.7 Å². The first-order valence-electron chi connectivity index (χ1n) is 11.9. The molecule has 1 N–H and O–H groups in total. The fourth-order valence-electron chi connectivity index (χ4n) is 5.27. The zero-order valence-electron chi connectivity index (χ0n) is 19.0. The second-order valence-electron chi connectivity index (χ2n) is 9.12. The Bertz CT molecular complexity index is 1110. The quantitative estimate of drug-likeness (QED) is 0.375. The molecule has 4 aromatic carbocycles. The Labute approximate surface area is 197 Å². The van der Waals surface area contributed by atoms with Crippen molar-refractivity contribution in [2.24, 2.45) is 5.92 Å². The molecule has 166 valence electrons. The first-order chi connectivity index (χ1) is 16.2. The van der Waals surface area contributed by atoms with Crippen LogP contribution >= 0.6 is 0 Å². The third-order valence-corrected chi connectivity index (χ3v) is 7.05. The van der Waals surface area contributed by atoms with Crippen LogP contribution in [0.15, 0.2) is 115 Å². The fourth-order valence-corrected chi connectivity index (χ4v) is 5.27. The smallest absolute Gasteiger partial charge is 0.117 e. The first kappa shape index (κ1) is 21.6. The molecule has 1 aliphatic heterocycles. The second kappa shape index (κ2) is 9.74. The van der Waals surface area contributed by atoms with Gasteiger partial charge >= 0.3 is 0 Å². The molecule has 4 aromatic rings. The molecule has 5 rings (SSSR count). The summed E-state index contributed by atoms with van der Waals surface area (Å²) in [5.74, 6) is 0.189. The number of likely N-dealkylation sites (tertiary alicyclic amines) is 1. The molecule has 0 aromatic heterocycles. The van der Waals surface area contributed by atoms with E-state index < -0.39 is 5.60 Å². The van der Waals surface area contributed by atoms with Crippen molar-refractivity contribution in [1.82, 2.24) is 4.90 Å². The minimum Gasteiger partial charge on any atom is -0.380 e. The third kappa shape index (κ3) is 4.64. The maximum atomic E-state index is 12.1. The number of rotatable bonds is 6. The molecule has 0 radical (unpaired) electrons. The molecule has 0 atom stereocenters. The van der Waals surface area contributed by atoms with E-state index in [-0.39, 0.29) is 5.92 Å². The summed E-state index contributed by atoms with van der Waals surface area (Å²) in [5, 5.41) is 12.1. The van der Waals surface area contributed by atoms with Crippen LogP contribution in [0.1, 0.15) is 29.5 Å². The van der Waals surface area contributed by atoms with Crippen LogP contribution in [0.25, 0.3) is 11.1 Å². The fraction of sp³-hybridized carbons (Fsp3) is 0.226. The van der Waals surface area contributed by atoms with Gasteiger partial charge in [-0.3, -0.25) is 4.90 Å². The lowest BCUT2D eigenvalue weighted by molar-refractivity contribution is -0.0152. The van der Waals surface area contributed by atoms with Gasteiger partial charge in [-0.2, -0.15) is 0 Å². The number of hydrogen-bond donors (Lipinski definition) is 1. The van der Waals surface area contributed by atoms with Gasteiger partial charge in [-0.25, -0.2) is 0 Å². The summed E-state index contributed by atoms with van der Waals surface area (Å²) < 4.78 is 0.